The highest BCUT2D eigenvalue weighted by atomic mass is 35.5. The van der Waals surface area contributed by atoms with Crippen LogP contribution < -0.4 is 4.72 Å². The van der Waals surface area contributed by atoms with Crippen molar-refractivity contribution in [3.05, 3.63) is 76.5 Å². The molecular formula is C19H16ClN3O5S. The van der Waals surface area contributed by atoms with Crippen molar-refractivity contribution in [3.63, 3.8) is 0 Å². The average Bonchev–Trinajstić information content (AvgIpc) is 3.20. The maximum Gasteiger partial charge on any atom is 0.321 e. The molecule has 0 aliphatic carbocycles. The normalized spacial score (nSPS) is 11.6. The van der Waals surface area contributed by atoms with Crippen LogP contribution in [0.1, 0.15) is 11.5 Å². The Morgan fingerprint density at radius 3 is 2.59 bits per heavy atom. The SMILES string of the molecule is O=C(CNS(=O)(=O)/C=C/c1ccccc1)OCc1nc(-c2ccc(Cl)cc2)no1. The standard InChI is InChI=1S/C19H16ClN3O5S/c20-16-8-6-15(7-9-16)19-22-17(28-23-19)13-27-18(24)12-21-29(25,26)11-10-14-4-2-1-3-5-14/h1-11,21H,12-13H2/b11-10+. The molecule has 0 saturated carbocycles. The van der Waals surface area contributed by atoms with E-state index in [9.17, 15) is 13.2 Å². The van der Waals surface area contributed by atoms with Gasteiger partial charge >= 0.3 is 5.97 Å². The van der Waals surface area contributed by atoms with Crippen LogP contribution in [0.4, 0.5) is 0 Å². The number of ether oxygens (including phenoxy) is 1. The minimum atomic E-state index is -3.79. The van der Waals surface area contributed by atoms with Crippen molar-refractivity contribution in [2.75, 3.05) is 6.54 Å². The van der Waals surface area contributed by atoms with Crippen LogP contribution in [0.25, 0.3) is 17.5 Å². The number of nitrogens with one attached hydrogen (secondary N) is 1. The van der Waals surface area contributed by atoms with Crippen molar-refractivity contribution in [1.82, 2.24) is 14.9 Å². The molecule has 1 N–H and O–H groups in total. The predicted molar refractivity (Wildman–Crippen MR) is 107 cm³/mol. The lowest BCUT2D eigenvalue weighted by molar-refractivity contribution is -0.144. The second kappa shape index (κ2) is 9.46. The quantitative estimate of drug-likeness (QED) is 0.543. The molecule has 0 unspecified atom stereocenters. The lowest BCUT2D eigenvalue weighted by Gasteiger charge is -2.03. The van der Waals surface area contributed by atoms with E-state index in [1.165, 1.54) is 6.08 Å². The van der Waals surface area contributed by atoms with Gasteiger partial charge in [-0.1, -0.05) is 47.1 Å². The minimum absolute atomic E-state index is 0.0788. The van der Waals surface area contributed by atoms with Gasteiger partial charge in [-0.25, -0.2) is 13.1 Å². The number of esters is 1. The average molecular weight is 434 g/mol. The van der Waals surface area contributed by atoms with Crippen molar-refractivity contribution in [2.45, 2.75) is 6.61 Å². The summed E-state index contributed by atoms with van der Waals surface area (Å²) in [4.78, 5) is 15.9. The summed E-state index contributed by atoms with van der Waals surface area (Å²) in [5, 5.41) is 5.35. The molecule has 29 heavy (non-hydrogen) atoms. The maximum atomic E-state index is 11.9. The monoisotopic (exact) mass is 433 g/mol. The fourth-order valence-electron chi connectivity index (χ4n) is 2.16. The fourth-order valence-corrected chi connectivity index (χ4v) is 3.04. The Kier molecular flexibility index (Phi) is 6.76. The molecule has 0 fully saturated rings. The number of sulfonamides is 1. The summed E-state index contributed by atoms with van der Waals surface area (Å²) < 4.78 is 35.9. The molecule has 0 bridgehead atoms. The third-order valence-electron chi connectivity index (χ3n) is 3.58. The Morgan fingerprint density at radius 2 is 1.86 bits per heavy atom. The number of hydrogen-bond donors (Lipinski definition) is 1. The molecule has 1 heterocycles. The molecule has 10 heteroatoms. The summed E-state index contributed by atoms with van der Waals surface area (Å²) in [7, 11) is -3.79. The Morgan fingerprint density at radius 1 is 1.14 bits per heavy atom. The Hall–Kier alpha value is -3.01. The number of hydrogen-bond acceptors (Lipinski definition) is 7. The second-order valence-electron chi connectivity index (χ2n) is 5.76. The van der Waals surface area contributed by atoms with Crippen molar-refractivity contribution in [2.24, 2.45) is 0 Å². The van der Waals surface area contributed by atoms with E-state index in [0.717, 1.165) is 5.41 Å². The molecule has 0 radical (unpaired) electrons. The first-order valence-electron chi connectivity index (χ1n) is 8.38. The van der Waals surface area contributed by atoms with Crippen LogP contribution in [-0.4, -0.2) is 31.1 Å². The molecule has 3 rings (SSSR count). The fraction of sp³-hybridized carbons (Fsp3) is 0.105. The van der Waals surface area contributed by atoms with Crippen molar-refractivity contribution < 1.29 is 22.5 Å². The number of carbonyl (C=O) groups is 1. The van der Waals surface area contributed by atoms with Crippen molar-refractivity contribution in [3.8, 4) is 11.4 Å². The van der Waals surface area contributed by atoms with Crippen LogP contribution in [0, 0.1) is 0 Å². The molecule has 8 nitrogen and oxygen atoms in total. The molecule has 3 aromatic rings. The molecular weight excluding hydrogens is 418 g/mol. The van der Waals surface area contributed by atoms with E-state index < -0.39 is 22.5 Å². The zero-order valence-electron chi connectivity index (χ0n) is 15.0. The third-order valence-corrected chi connectivity index (χ3v) is 4.88. The largest absolute Gasteiger partial charge is 0.455 e. The van der Waals surface area contributed by atoms with Gasteiger partial charge in [0, 0.05) is 16.0 Å². The molecule has 0 aliphatic heterocycles. The van der Waals surface area contributed by atoms with E-state index in [0.29, 0.717) is 22.0 Å². The number of nitrogens with zero attached hydrogens (tertiary/aromatic N) is 2. The molecule has 150 valence electrons. The Labute approximate surface area is 172 Å². The van der Waals surface area contributed by atoms with Crippen LogP contribution >= 0.6 is 11.6 Å². The highest BCUT2D eigenvalue weighted by molar-refractivity contribution is 7.92. The third kappa shape index (κ3) is 6.53. The van der Waals surface area contributed by atoms with E-state index in [2.05, 4.69) is 14.9 Å². The maximum absolute atomic E-state index is 11.9. The molecule has 0 amide bonds. The zero-order chi connectivity index (χ0) is 20.7. The molecule has 1 aromatic heterocycles. The Bertz CT molecular complexity index is 1100. The summed E-state index contributed by atoms with van der Waals surface area (Å²) in [5.74, 6) is -0.387. The van der Waals surface area contributed by atoms with E-state index in [1.807, 2.05) is 6.07 Å². The van der Waals surface area contributed by atoms with Gasteiger partial charge in [0.1, 0.15) is 6.54 Å². The smallest absolute Gasteiger partial charge is 0.321 e. The molecule has 0 spiro atoms. The molecule has 0 atom stereocenters. The van der Waals surface area contributed by atoms with Gasteiger partial charge in [-0.2, -0.15) is 4.98 Å². The van der Waals surface area contributed by atoms with Crippen LogP contribution in [0.15, 0.2) is 64.5 Å². The molecule has 2 aromatic carbocycles. The Balaban J connectivity index is 1.47. The summed E-state index contributed by atoms with van der Waals surface area (Å²) >= 11 is 5.83. The summed E-state index contributed by atoms with van der Waals surface area (Å²) in [6, 6.07) is 15.7. The van der Waals surface area contributed by atoms with Crippen LogP contribution in [0.3, 0.4) is 0 Å². The molecule has 0 aliphatic rings. The number of halogens is 1. The lowest BCUT2D eigenvalue weighted by atomic mass is 10.2. The van der Waals surface area contributed by atoms with Crippen molar-refractivity contribution >= 4 is 33.7 Å². The van der Waals surface area contributed by atoms with E-state index in [4.69, 9.17) is 20.9 Å². The van der Waals surface area contributed by atoms with Gasteiger partial charge in [-0.15, -0.1) is 0 Å². The highest BCUT2D eigenvalue weighted by Crippen LogP contribution is 2.18. The number of carbonyl (C=O) groups excluding carboxylic acids is 1. The van der Waals surface area contributed by atoms with Gasteiger partial charge < -0.3 is 9.26 Å². The van der Waals surface area contributed by atoms with Crippen LogP contribution in [-0.2, 0) is 26.2 Å². The minimum Gasteiger partial charge on any atom is -0.455 e. The second-order valence-corrected chi connectivity index (χ2v) is 7.85. The van der Waals surface area contributed by atoms with Gasteiger partial charge in [0.25, 0.3) is 5.89 Å². The highest BCUT2D eigenvalue weighted by Gasteiger charge is 2.13. The summed E-state index contributed by atoms with van der Waals surface area (Å²) in [5.41, 5.74) is 1.40. The first-order chi connectivity index (χ1) is 13.9. The van der Waals surface area contributed by atoms with Crippen LogP contribution in [0.5, 0.6) is 0 Å². The number of aromatic nitrogens is 2. The van der Waals surface area contributed by atoms with Gasteiger partial charge in [0.05, 0.1) is 0 Å². The molecule has 0 saturated heterocycles. The van der Waals surface area contributed by atoms with Gasteiger partial charge in [0.2, 0.25) is 15.8 Å². The van der Waals surface area contributed by atoms with E-state index in [1.54, 1.807) is 48.5 Å². The first-order valence-corrected chi connectivity index (χ1v) is 10.3. The van der Waals surface area contributed by atoms with Crippen LogP contribution in [0.2, 0.25) is 5.02 Å². The van der Waals surface area contributed by atoms with Gasteiger partial charge in [-0.05, 0) is 35.9 Å². The topological polar surface area (TPSA) is 111 Å². The summed E-state index contributed by atoms with van der Waals surface area (Å²) in [6.07, 6.45) is 1.42. The first kappa shape index (κ1) is 20.7. The lowest BCUT2D eigenvalue weighted by Crippen LogP contribution is -2.29. The van der Waals surface area contributed by atoms with E-state index >= 15 is 0 Å². The summed E-state index contributed by atoms with van der Waals surface area (Å²) in [6.45, 7) is -0.805. The van der Waals surface area contributed by atoms with Gasteiger partial charge in [0.15, 0.2) is 6.61 Å². The van der Waals surface area contributed by atoms with Crippen molar-refractivity contribution in [1.29, 1.82) is 0 Å². The zero-order valence-corrected chi connectivity index (χ0v) is 16.6. The predicted octanol–water partition coefficient (Wildman–Crippen LogP) is 3.02. The number of rotatable bonds is 8. The van der Waals surface area contributed by atoms with Gasteiger partial charge in [-0.3, -0.25) is 4.79 Å². The number of benzene rings is 2. The van der Waals surface area contributed by atoms with E-state index in [-0.39, 0.29) is 12.5 Å².